The second-order valence-electron chi connectivity index (χ2n) is 8.47. The number of benzene rings is 1. The highest BCUT2D eigenvalue weighted by Gasteiger charge is 2.23. The summed E-state index contributed by atoms with van der Waals surface area (Å²) in [5.74, 6) is 1.34. The molecule has 1 saturated carbocycles. The number of carbonyl (C=O) groups excluding carboxylic acids is 2. The van der Waals surface area contributed by atoms with E-state index in [9.17, 15) is 9.59 Å². The van der Waals surface area contributed by atoms with E-state index in [0.717, 1.165) is 23.2 Å². The fraction of sp³-hybridized carbons (Fsp3) is 0.565. The van der Waals surface area contributed by atoms with Gasteiger partial charge in [0.1, 0.15) is 5.82 Å². The maximum Gasteiger partial charge on any atom is 0.232 e. The van der Waals surface area contributed by atoms with E-state index in [4.69, 9.17) is 0 Å². The molecule has 2 atom stereocenters. The summed E-state index contributed by atoms with van der Waals surface area (Å²) in [5.41, 5.74) is 2.99. The van der Waals surface area contributed by atoms with Gasteiger partial charge in [0.2, 0.25) is 11.8 Å². The van der Waals surface area contributed by atoms with Crippen LogP contribution in [-0.2, 0) is 22.6 Å². The molecule has 7 nitrogen and oxygen atoms in total. The summed E-state index contributed by atoms with van der Waals surface area (Å²) in [7, 11) is 0. The smallest absolute Gasteiger partial charge is 0.232 e. The van der Waals surface area contributed by atoms with Crippen LogP contribution >= 0.6 is 11.8 Å². The molecule has 1 aromatic heterocycles. The number of nitrogens with zero attached hydrogens (tertiary/aromatic N) is 3. The van der Waals surface area contributed by atoms with E-state index in [1.165, 1.54) is 31.0 Å². The Hall–Kier alpha value is -2.35. The summed E-state index contributed by atoms with van der Waals surface area (Å²) in [6, 6.07) is 6.23. The molecule has 8 heteroatoms. The second-order valence-corrected chi connectivity index (χ2v) is 9.41. The van der Waals surface area contributed by atoms with Crippen molar-refractivity contribution in [3.63, 3.8) is 0 Å². The van der Waals surface area contributed by atoms with Crippen LogP contribution in [0, 0.1) is 19.8 Å². The first-order valence-electron chi connectivity index (χ1n) is 11.1. The Kier molecular flexibility index (Phi) is 8.12. The number of amides is 2. The van der Waals surface area contributed by atoms with Crippen LogP contribution in [0.5, 0.6) is 0 Å². The normalized spacial score (nSPS) is 18.6. The number of hydrogen-bond donors (Lipinski definition) is 2. The molecule has 168 valence electrons. The van der Waals surface area contributed by atoms with Crippen molar-refractivity contribution in [3.8, 4) is 0 Å². The van der Waals surface area contributed by atoms with Gasteiger partial charge in [0.05, 0.1) is 12.2 Å². The summed E-state index contributed by atoms with van der Waals surface area (Å²) in [5, 5.41) is 15.2. The van der Waals surface area contributed by atoms with Crippen molar-refractivity contribution in [1.82, 2.24) is 20.1 Å². The van der Waals surface area contributed by atoms with E-state index in [0.29, 0.717) is 29.2 Å². The fourth-order valence-electron chi connectivity index (χ4n) is 4.18. The summed E-state index contributed by atoms with van der Waals surface area (Å²) in [4.78, 5) is 25.0. The first-order valence-corrected chi connectivity index (χ1v) is 12.1. The number of aryl methyl sites for hydroxylation is 2. The van der Waals surface area contributed by atoms with Gasteiger partial charge in [0.25, 0.3) is 0 Å². The third-order valence-electron chi connectivity index (χ3n) is 5.72. The van der Waals surface area contributed by atoms with Crippen LogP contribution in [0.15, 0.2) is 23.4 Å². The van der Waals surface area contributed by atoms with E-state index in [1.54, 1.807) is 0 Å². The minimum absolute atomic E-state index is 0.0310. The lowest BCUT2D eigenvalue weighted by Crippen LogP contribution is -2.41. The van der Waals surface area contributed by atoms with Gasteiger partial charge in [0.15, 0.2) is 5.16 Å². The molecule has 2 amide bonds. The Morgan fingerprint density at radius 2 is 1.81 bits per heavy atom. The van der Waals surface area contributed by atoms with E-state index in [2.05, 4.69) is 33.8 Å². The number of nitrogens with one attached hydrogen (secondary N) is 2. The third kappa shape index (κ3) is 6.56. The Morgan fingerprint density at radius 1 is 1.10 bits per heavy atom. The Balaban J connectivity index is 1.55. The van der Waals surface area contributed by atoms with Crippen molar-refractivity contribution in [1.29, 1.82) is 0 Å². The molecule has 0 saturated heterocycles. The molecule has 31 heavy (non-hydrogen) atoms. The maximum atomic E-state index is 12.5. The zero-order chi connectivity index (χ0) is 22.4. The second kappa shape index (κ2) is 10.8. The third-order valence-corrected chi connectivity index (χ3v) is 6.69. The molecule has 0 spiro atoms. The lowest BCUT2D eigenvalue weighted by Gasteiger charge is -2.29. The molecule has 1 heterocycles. The molecular formula is C23H33N5O2S. The zero-order valence-corrected chi connectivity index (χ0v) is 19.7. The zero-order valence-electron chi connectivity index (χ0n) is 18.9. The largest absolute Gasteiger partial charge is 0.352 e. The number of rotatable bonds is 8. The molecule has 3 rings (SSSR count). The topological polar surface area (TPSA) is 88.9 Å². The molecule has 2 aromatic rings. The van der Waals surface area contributed by atoms with Gasteiger partial charge in [-0.25, -0.2) is 0 Å². The minimum Gasteiger partial charge on any atom is -0.352 e. The first kappa shape index (κ1) is 23.3. The standard InChI is InChI=1S/C23H33N5O2S/c1-5-28-20(13-21(29)24-18-11-15(2)10-16(3)12-18)26-27-23(28)31-14-22(30)25-19-9-7-6-8-17(19)4/h10-12,17,19H,5-9,13-14H2,1-4H3,(H,24,29)(H,25,30)/t17-,19-/m0/s1. The predicted octanol–water partition coefficient (Wildman–Crippen LogP) is 3.88. The van der Waals surface area contributed by atoms with E-state index in [-0.39, 0.29) is 24.3 Å². The van der Waals surface area contributed by atoms with Crippen molar-refractivity contribution < 1.29 is 9.59 Å². The van der Waals surface area contributed by atoms with Crippen molar-refractivity contribution >= 4 is 29.3 Å². The van der Waals surface area contributed by atoms with Crippen LogP contribution < -0.4 is 10.6 Å². The monoisotopic (exact) mass is 443 g/mol. The molecule has 1 fully saturated rings. The van der Waals surface area contributed by atoms with Gasteiger partial charge in [-0.05, 0) is 62.8 Å². The average molecular weight is 444 g/mol. The number of thioether (sulfide) groups is 1. The van der Waals surface area contributed by atoms with Crippen LogP contribution in [-0.4, -0.2) is 38.4 Å². The van der Waals surface area contributed by atoms with Crippen LogP contribution in [0.4, 0.5) is 5.69 Å². The maximum absolute atomic E-state index is 12.5. The van der Waals surface area contributed by atoms with Crippen LogP contribution in [0.1, 0.15) is 56.5 Å². The molecule has 2 N–H and O–H groups in total. The average Bonchev–Trinajstić information content (AvgIpc) is 3.08. The lowest BCUT2D eigenvalue weighted by atomic mass is 9.86. The van der Waals surface area contributed by atoms with Crippen LogP contribution in [0.2, 0.25) is 0 Å². The van der Waals surface area contributed by atoms with E-state index < -0.39 is 0 Å². The van der Waals surface area contributed by atoms with E-state index >= 15 is 0 Å². The van der Waals surface area contributed by atoms with Gasteiger partial charge in [0, 0.05) is 18.3 Å². The van der Waals surface area contributed by atoms with Gasteiger partial charge >= 0.3 is 0 Å². The number of carbonyl (C=O) groups is 2. The highest BCUT2D eigenvalue weighted by atomic mass is 32.2. The molecule has 0 aliphatic heterocycles. The summed E-state index contributed by atoms with van der Waals surface area (Å²) in [6.07, 6.45) is 4.81. The minimum atomic E-state index is -0.132. The van der Waals surface area contributed by atoms with Crippen molar-refractivity contribution in [3.05, 3.63) is 35.2 Å². The Bertz CT molecular complexity index is 906. The van der Waals surface area contributed by atoms with Crippen molar-refractivity contribution in [2.24, 2.45) is 5.92 Å². The number of anilines is 1. The SMILES string of the molecule is CCn1c(CC(=O)Nc2cc(C)cc(C)c2)nnc1SCC(=O)N[C@H]1CCCC[C@@H]1C. The summed E-state index contributed by atoms with van der Waals surface area (Å²) in [6.45, 7) is 8.85. The highest BCUT2D eigenvalue weighted by molar-refractivity contribution is 7.99. The molecule has 1 aromatic carbocycles. The Morgan fingerprint density at radius 3 is 2.48 bits per heavy atom. The Labute approximate surface area is 188 Å². The molecular weight excluding hydrogens is 410 g/mol. The quantitative estimate of drug-likeness (QED) is 0.605. The predicted molar refractivity (Wildman–Crippen MR) is 124 cm³/mol. The fourth-order valence-corrected chi connectivity index (χ4v) is 5.01. The van der Waals surface area contributed by atoms with Gasteiger partial charge in [-0.1, -0.05) is 37.6 Å². The van der Waals surface area contributed by atoms with Crippen LogP contribution in [0.25, 0.3) is 0 Å². The van der Waals surface area contributed by atoms with Crippen molar-refractivity contribution in [2.75, 3.05) is 11.1 Å². The van der Waals surface area contributed by atoms with Crippen molar-refractivity contribution in [2.45, 2.75) is 77.5 Å². The van der Waals surface area contributed by atoms with Gasteiger partial charge in [-0.2, -0.15) is 0 Å². The summed E-state index contributed by atoms with van der Waals surface area (Å²) >= 11 is 1.37. The molecule has 0 radical (unpaired) electrons. The highest BCUT2D eigenvalue weighted by Crippen LogP contribution is 2.24. The number of hydrogen-bond acceptors (Lipinski definition) is 5. The molecule has 0 bridgehead atoms. The number of aromatic nitrogens is 3. The first-order chi connectivity index (χ1) is 14.9. The van der Waals surface area contributed by atoms with Crippen LogP contribution in [0.3, 0.4) is 0 Å². The molecule has 1 aliphatic carbocycles. The van der Waals surface area contributed by atoms with E-state index in [1.807, 2.05) is 37.5 Å². The molecule has 1 aliphatic rings. The molecule has 0 unspecified atom stereocenters. The summed E-state index contributed by atoms with van der Waals surface area (Å²) < 4.78 is 1.91. The van der Waals surface area contributed by atoms with Gasteiger partial charge in [-0.15, -0.1) is 10.2 Å². The van der Waals surface area contributed by atoms with Gasteiger partial charge in [-0.3, -0.25) is 9.59 Å². The van der Waals surface area contributed by atoms with Gasteiger partial charge < -0.3 is 15.2 Å². The lowest BCUT2D eigenvalue weighted by molar-refractivity contribution is -0.120.